The van der Waals surface area contributed by atoms with E-state index in [0.29, 0.717) is 15.7 Å². The number of nitrogens with zero attached hydrogens (tertiary/aromatic N) is 1. The number of aromatic nitrogens is 2. The molecule has 0 saturated carbocycles. The minimum Gasteiger partial charge on any atom is -0.466 e. The van der Waals surface area contributed by atoms with Crippen molar-refractivity contribution in [1.29, 1.82) is 0 Å². The molecule has 2 aromatic rings. The van der Waals surface area contributed by atoms with Gasteiger partial charge in [-0.15, -0.1) is 5.10 Å². The maximum absolute atomic E-state index is 13.8. The van der Waals surface area contributed by atoms with Crippen LogP contribution in [-0.4, -0.2) is 39.8 Å². The zero-order chi connectivity index (χ0) is 20.0. The molecule has 3 atom stereocenters. The van der Waals surface area contributed by atoms with Crippen molar-refractivity contribution in [3.63, 3.8) is 0 Å². The number of benzene rings is 1. The van der Waals surface area contributed by atoms with Crippen LogP contribution >= 0.6 is 15.9 Å². The molecule has 146 valence electrons. The van der Waals surface area contributed by atoms with Crippen molar-refractivity contribution in [2.24, 2.45) is 5.92 Å². The molecule has 0 fully saturated rings. The first-order chi connectivity index (χ1) is 12.6. The number of ether oxygens (including phenoxy) is 2. The molecular weight excluding hydrogens is 433 g/mol. The number of H-pyrrole nitrogens is 1. The van der Waals surface area contributed by atoms with Crippen LogP contribution in [0.5, 0.6) is 5.88 Å². The second-order valence-corrected chi connectivity index (χ2v) is 7.04. The van der Waals surface area contributed by atoms with E-state index in [0.717, 1.165) is 0 Å². The normalized spacial score (nSPS) is 24.9. The van der Waals surface area contributed by atoms with Crippen LogP contribution < -0.4 is 4.74 Å². The summed E-state index contributed by atoms with van der Waals surface area (Å²) in [5.41, 5.74) is 1.08. The summed E-state index contributed by atoms with van der Waals surface area (Å²) in [5.74, 6) is -8.64. The molecule has 0 saturated heterocycles. The van der Waals surface area contributed by atoms with Crippen LogP contribution in [0.3, 0.4) is 0 Å². The van der Waals surface area contributed by atoms with Gasteiger partial charge in [-0.1, -0.05) is 28.1 Å². The lowest BCUT2D eigenvalue weighted by molar-refractivity contribution is -0.359. The highest BCUT2D eigenvalue weighted by molar-refractivity contribution is 9.10. The summed E-state index contributed by atoms with van der Waals surface area (Å²) in [6.45, 7) is 2.92. The molecule has 3 rings (SSSR count). The average molecular weight is 449 g/mol. The molecule has 2 heterocycles. The zero-order valence-electron chi connectivity index (χ0n) is 14.3. The Hall–Kier alpha value is -2.07. The number of fused-ring (bicyclic) bond motifs is 1. The maximum Gasteiger partial charge on any atom is 0.456 e. The van der Waals surface area contributed by atoms with E-state index in [1.54, 1.807) is 31.2 Å². The minimum atomic E-state index is -5.26. The van der Waals surface area contributed by atoms with E-state index in [9.17, 15) is 23.1 Å². The van der Waals surface area contributed by atoms with E-state index in [4.69, 9.17) is 9.47 Å². The SMILES string of the molecule is CCOC(=O)[C@@H]1[C@@H](c2ccc(Br)cc2)c2c(n[nH]c2C)OC1(O)C(F)(F)F. The number of esters is 1. The number of rotatable bonds is 3. The molecule has 0 bridgehead atoms. The fourth-order valence-corrected chi connectivity index (χ4v) is 3.52. The van der Waals surface area contributed by atoms with Gasteiger partial charge in [0.05, 0.1) is 6.61 Å². The molecule has 0 radical (unpaired) electrons. The third kappa shape index (κ3) is 3.20. The van der Waals surface area contributed by atoms with Crippen LogP contribution in [0.4, 0.5) is 13.2 Å². The first-order valence-corrected chi connectivity index (χ1v) is 8.84. The average Bonchev–Trinajstić information content (AvgIpc) is 2.94. The van der Waals surface area contributed by atoms with Gasteiger partial charge in [0.1, 0.15) is 5.92 Å². The molecule has 1 aliphatic heterocycles. The van der Waals surface area contributed by atoms with Gasteiger partial charge in [0.15, 0.2) is 0 Å². The van der Waals surface area contributed by atoms with E-state index in [-0.39, 0.29) is 12.2 Å². The number of aromatic amines is 1. The standard InChI is InChI=1S/C17H16BrF3N2O4/c1-3-26-15(24)13-12(9-4-6-10(18)7-5-9)11-8(2)22-23-14(11)27-16(13,25)17(19,20)21/h4-7,12-13,25H,3H2,1-2H3,(H,22,23)/t12-,13-,16?/m0/s1. The summed E-state index contributed by atoms with van der Waals surface area (Å²) in [6.07, 6.45) is -5.26. The Kier molecular flexibility index (Phi) is 4.98. The van der Waals surface area contributed by atoms with Gasteiger partial charge in [-0.3, -0.25) is 9.89 Å². The Morgan fingerprint density at radius 3 is 2.59 bits per heavy atom. The van der Waals surface area contributed by atoms with Crippen LogP contribution in [-0.2, 0) is 9.53 Å². The Balaban J connectivity index is 2.27. The van der Waals surface area contributed by atoms with E-state index in [2.05, 4.69) is 26.1 Å². The van der Waals surface area contributed by atoms with E-state index >= 15 is 0 Å². The molecule has 1 aliphatic rings. The summed E-state index contributed by atoms with van der Waals surface area (Å²) in [4.78, 5) is 12.6. The summed E-state index contributed by atoms with van der Waals surface area (Å²) < 4.78 is 51.8. The fraction of sp³-hybridized carbons (Fsp3) is 0.412. The van der Waals surface area contributed by atoms with Crippen molar-refractivity contribution < 1.29 is 32.5 Å². The monoisotopic (exact) mass is 448 g/mol. The first-order valence-electron chi connectivity index (χ1n) is 8.05. The number of aliphatic hydroxyl groups is 1. The van der Waals surface area contributed by atoms with Crippen molar-refractivity contribution in [3.8, 4) is 5.88 Å². The van der Waals surface area contributed by atoms with Gasteiger partial charge in [0, 0.05) is 21.6 Å². The van der Waals surface area contributed by atoms with Crippen LogP contribution in [0, 0.1) is 12.8 Å². The number of aryl methyl sites for hydroxylation is 1. The number of halogens is 4. The van der Waals surface area contributed by atoms with Crippen molar-refractivity contribution in [2.75, 3.05) is 6.61 Å². The van der Waals surface area contributed by atoms with Crippen LogP contribution in [0.15, 0.2) is 28.7 Å². The molecule has 1 aromatic heterocycles. The molecule has 27 heavy (non-hydrogen) atoms. The molecule has 1 aromatic carbocycles. The minimum absolute atomic E-state index is 0.145. The highest BCUT2D eigenvalue weighted by Gasteiger charge is 2.69. The Bertz CT molecular complexity index is 853. The first kappa shape index (κ1) is 19.7. The smallest absolute Gasteiger partial charge is 0.456 e. The van der Waals surface area contributed by atoms with Crippen molar-refractivity contribution in [1.82, 2.24) is 10.2 Å². The van der Waals surface area contributed by atoms with Gasteiger partial charge in [-0.05, 0) is 31.5 Å². The van der Waals surface area contributed by atoms with Crippen molar-refractivity contribution in [2.45, 2.75) is 31.7 Å². The number of carbonyl (C=O) groups is 1. The van der Waals surface area contributed by atoms with Crippen LogP contribution in [0.1, 0.15) is 29.7 Å². The Labute approximate surface area is 160 Å². The van der Waals surface area contributed by atoms with Gasteiger partial charge >= 0.3 is 17.9 Å². The Morgan fingerprint density at radius 1 is 1.41 bits per heavy atom. The lowest BCUT2D eigenvalue weighted by atomic mass is 9.74. The van der Waals surface area contributed by atoms with Crippen molar-refractivity contribution >= 4 is 21.9 Å². The van der Waals surface area contributed by atoms with E-state index < -0.39 is 35.6 Å². The number of hydrogen-bond donors (Lipinski definition) is 2. The van der Waals surface area contributed by atoms with Crippen LogP contribution in [0.2, 0.25) is 0 Å². The predicted octanol–water partition coefficient (Wildman–Crippen LogP) is 3.44. The zero-order valence-corrected chi connectivity index (χ0v) is 15.9. The fourth-order valence-electron chi connectivity index (χ4n) is 3.25. The van der Waals surface area contributed by atoms with Gasteiger partial charge in [-0.2, -0.15) is 13.2 Å². The van der Waals surface area contributed by atoms with Gasteiger partial charge in [0.25, 0.3) is 0 Å². The quantitative estimate of drug-likeness (QED) is 0.702. The Morgan fingerprint density at radius 2 is 2.04 bits per heavy atom. The molecule has 6 nitrogen and oxygen atoms in total. The maximum atomic E-state index is 13.8. The van der Waals surface area contributed by atoms with Gasteiger partial charge < -0.3 is 14.6 Å². The second-order valence-electron chi connectivity index (χ2n) is 6.12. The topological polar surface area (TPSA) is 84.4 Å². The van der Waals surface area contributed by atoms with E-state index in [1.807, 2.05) is 0 Å². The number of alkyl halides is 3. The van der Waals surface area contributed by atoms with Crippen LogP contribution in [0.25, 0.3) is 0 Å². The molecule has 0 amide bonds. The summed E-state index contributed by atoms with van der Waals surface area (Å²) >= 11 is 3.27. The predicted molar refractivity (Wildman–Crippen MR) is 91.1 cm³/mol. The second kappa shape index (κ2) is 6.83. The van der Waals surface area contributed by atoms with Gasteiger partial charge in [-0.25, -0.2) is 0 Å². The summed E-state index contributed by atoms with van der Waals surface area (Å²) in [7, 11) is 0. The molecular formula is C17H16BrF3N2O4. The third-order valence-corrected chi connectivity index (χ3v) is 4.98. The van der Waals surface area contributed by atoms with Crippen molar-refractivity contribution in [3.05, 3.63) is 45.6 Å². The lowest BCUT2D eigenvalue weighted by Crippen LogP contribution is -2.62. The number of carbonyl (C=O) groups excluding carboxylic acids is 1. The van der Waals surface area contributed by atoms with Gasteiger partial charge in [0.2, 0.25) is 5.88 Å². The largest absolute Gasteiger partial charge is 0.466 e. The third-order valence-electron chi connectivity index (χ3n) is 4.45. The summed E-state index contributed by atoms with van der Waals surface area (Å²) in [5, 5.41) is 16.8. The molecule has 10 heteroatoms. The molecule has 0 spiro atoms. The van der Waals surface area contributed by atoms with E-state index in [1.165, 1.54) is 6.92 Å². The number of nitrogens with one attached hydrogen (secondary N) is 1. The highest BCUT2D eigenvalue weighted by Crippen LogP contribution is 2.53. The molecule has 2 N–H and O–H groups in total. The summed E-state index contributed by atoms with van der Waals surface area (Å²) in [6, 6.07) is 6.40. The molecule has 0 aliphatic carbocycles. The lowest BCUT2D eigenvalue weighted by Gasteiger charge is -2.42. The molecule has 1 unspecified atom stereocenters. The highest BCUT2D eigenvalue weighted by atomic mass is 79.9. The number of hydrogen-bond acceptors (Lipinski definition) is 5.